The van der Waals surface area contributed by atoms with Crippen LogP contribution in [0.25, 0.3) is 0 Å². The lowest BCUT2D eigenvalue weighted by Crippen LogP contribution is -2.22. The predicted octanol–water partition coefficient (Wildman–Crippen LogP) is 2.77. The summed E-state index contributed by atoms with van der Waals surface area (Å²) in [6.45, 7) is 3.86. The second-order valence-electron chi connectivity index (χ2n) is 4.03. The van der Waals surface area contributed by atoms with E-state index >= 15 is 0 Å². The average molecular weight is 203 g/mol. The van der Waals surface area contributed by atoms with Gasteiger partial charge in [0.25, 0.3) is 0 Å². The van der Waals surface area contributed by atoms with Crippen LogP contribution in [-0.4, -0.2) is 11.0 Å². The van der Waals surface area contributed by atoms with Crippen LogP contribution in [0.15, 0.2) is 42.5 Å². The number of nitro groups is 1. The molecule has 1 aromatic carbocycles. The highest BCUT2D eigenvalue weighted by atomic mass is 16.6. The average Bonchev–Trinajstić information content (AvgIpc) is 2.62. The van der Waals surface area contributed by atoms with Crippen LogP contribution in [0.4, 0.5) is 0 Å². The highest BCUT2D eigenvalue weighted by Crippen LogP contribution is 2.38. The van der Waals surface area contributed by atoms with Gasteiger partial charge in [0.15, 0.2) is 0 Å². The molecule has 15 heavy (non-hydrogen) atoms. The summed E-state index contributed by atoms with van der Waals surface area (Å²) >= 11 is 0. The Balaban J connectivity index is 2.28. The fourth-order valence-electron chi connectivity index (χ4n) is 2.23. The molecule has 2 rings (SSSR count). The normalized spacial score (nSPS) is 25.5. The summed E-state index contributed by atoms with van der Waals surface area (Å²) in [7, 11) is 0. The van der Waals surface area contributed by atoms with E-state index in [1.54, 1.807) is 0 Å². The van der Waals surface area contributed by atoms with Crippen molar-refractivity contribution in [2.75, 3.05) is 0 Å². The van der Waals surface area contributed by atoms with Gasteiger partial charge in [0.05, 0.1) is 5.92 Å². The third-order valence-electron chi connectivity index (χ3n) is 2.97. The molecule has 0 radical (unpaired) electrons. The van der Waals surface area contributed by atoms with Gasteiger partial charge in [-0.1, -0.05) is 42.5 Å². The molecule has 3 heteroatoms. The van der Waals surface area contributed by atoms with Crippen LogP contribution >= 0.6 is 0 Å². The fraction of sp³-hybridized carbons (Fsp3) is 0.333. The number of hydrogen-bond acceptors (Lipinski definition) is 2. The first-order chi connectivity index (χ1) is 7.18. The third-order valence-corrected chi connectivity index (χ3v) is 2.97. The topological polar surface area (TPSA) is 43.1 Å². The van der Waals surface area contributed by atoms with Crippen LogP contribution in [0, 0.1) is 10.1 Å². The van der Waals surface area contributed by atoms with E-state index in [4.69, 9.17) is 0 Å². The molecule has 0 unspecified atom stereocenters. The molecule has 0 amide bonds. The Kier molecular flexibility index (Phi) is 2.54. The van der Waals surface area contributed by atoms with E-state index in [1.807, 2.05) is 30.3 Å². The molecule has 1 saturated carbocycles. The molecule has 1 aliphatic carbocycles. The summed E-state index contributed by atoms with van der Waals surface area (Å²) in [5, 5.41) is 10.9. The summed E-state index contributed by atoms with van der Waals surface area (Å²) in [5.74, 6) is 0.00806. The van der Waals surface area contributed by atoms with Gasteiger partial charge >= 0.3 is 0 Å². The molecule has 0 spiro atoms. The van der Waals surface area contributed by atoms with Crippen molar-refractivity contribution in [1.29, 1.82) is 0 Å². The quantitative estimate of drug-likeness (QED) is 0.421. The predicted molar refractivity (Wildman–Crippen MR) is 58.3 cm³/mol. The van der Waals surface area contributed by atoms with E-state index < -0.39 is 6.04 Å². The number of benzene rings is 1. The van der Waals surface area contributed by atoms with Crippen molar-refractivity contribution in [2.45, 2.75) is 24.8 Å². The maximum atomic E-state index is 10.9. The van der Waals surface area contributed by atoms with Crippen molar-refractivity contribution < 1.29 is 4.92 Å². The highest BCUT2D eigenvalue weighted by Gasteiger charge is 2.39. The molecule has 0 aromatic heterocycles. The van der Waals surface area contributed by atoms with Gasteiger partial charge in [-0.25, -0.2) is 0 Å². The van der Waals surface area contributed by atoms with Gasteiger partial charge in [0, 0.05) is 11.3 Å². The van der Waals surface area contributed by atoms with Crippen molar-refractivity contribution in [3.63, 3.8) is 0 Å². The fourth-order valence-corrected chi connectivity index (χ4v) is 2.23. The number of rotatable bonds is 2. The Morgan fingerprint density at radius 2 is 1.93 bits per heavy atom. The van der Waals surface area contributed by atoms with Crippen molar-refractivity contribution >= 4 is 0 Å². The summed E-state index contributed by atoms with van der Waals surface area (Å²) in [5.41, 5.74) is 2.04. The Labute approximate surface area is 88.6 Å². The van der Waals surface area contributed by atoms with Crippen molar-refractivity contribution in [2.24, 2.45) is 0 Å². The van der Waals surface area contributed by atoms with Gasteiger partial charge in [0.2, 0.25) is 6.04 Å². The van der Waals surface area contributed by atoms with Gasteiger partial charge in [-0.2, -0.15) is 0 Å². The molecule has 0 N–H and O–H groups in total. The number of hydrogen-bond donors (Lipinski definition) is 0. The van der Waals surface area contributed by atoms with Crippen molar-refractivity contribution in [1.82, 2.24) is 0 Å². The van der Waals surface area contributed by atoms with Crippen LogP contribution in [0.5, 0.6) is 0 Å². The Morgan fingerprint density at radius 3 is 2.53 bits per heavy atom. The van der Waals surface area contributed by atoms with E-state index in [2.05, 4.69) is 6.58 Å². The van der Waals surface area contributed by atoms with Crippen LogP contribution < -0.4 is 0 Å². The second kappa shape index (κ2) is 3.85. The van der Waals surface area contributed by atoms with E-state index in [-0.39, 0.29) is 10.8 Å². The maximum Gasteiger partial charge on any atom is 0.223 e. The molecule has 0 heterocycles. The molecule has 3 nitrogen and oxygen atoms in total. The summed E-state index contributed by atoms with van der Waals surface area (Å²) in [6, 6.07) is 9.20. The molecular weight excluding hydrogens is 190 g/mol. The Bertz CT molecular complexity index is 386. The lowest BCUT2D eigenvalue weighted by atomic mass is 9.94. The Hall–Kier alpha value is -1.64. The van der Waals surface area contributed by atoms with Gasteiger partial charge in [0.1, 0.15) is 0 Å². The lowest BCUT2D eigenvalue weighted by Gasteiger charge is -2.12. The maximum absolute atomic E-state index is 10.9. The van der Waals surface area contributed by atoms with Gasteiger partial charge in [-0.05, 0) is 12.0 Å². The van der Waals surface area contributed by atoms with E-state index in [0.29, 0.717) is 6.42 Å². The molecule has 0 aliphatic heterocycles. The van der Waals surface area contributed by atoms with Gasteiger partial charge in [-0.3, -0.25) is 10.1 Å². The zero-order valence-electron chi connectivity index (χ0n) is 8.43. The standard InChI is InChI=1S/C12H13NO2/c1-9-7-11(12(8-9)13(14)15)10-5-3-2-4-6-10/h2-6,11-12H,1,7-8H2/t11-,12+/m0/s1. The molecule has 0 bridgehead atoms. The monoisotopic (exact) mass is 203 g/mol. The minimum atomic E-state index is -0.486. The Morgan fingerprint density at radius 1 is 1.27 bits per heavy atom. The summed E-state index contributed by atoms with van der Waals surface area (Å²) < 4.78 is 0. The molecule has 78 valence electrons. The third kappa shape index (κ3) is 1.91. The lowest BCUT2D eigenvalue weighted by molar-refractivity contribution is -0.523. The highest BCUT2D eigenvalue weighted by molar-refractivity contribution is 5.26. The minimum absolute atomic E-state index is 0.00806. The molecule has 0 saturated heterocycles. The van der Waals surface area contributed by atoms with E-state index in [1.165, 1.54) is 0 Å². The van der Waals surface area contributed by atoms with Crippen LogP contribution in [-0.2, 0) is 0 Å². The molecular formula is C12H13NO2. The van der Waals surface area contributed by atoms with Gasteiger partial charge < -0.3 is 0 Å². The van der Waals surface area contributed by atoms with Crippen molar-refractivity contribution in [3.05, 3.63) is 58.2 Å². The van der Waals surface area contributed by atoms with E-state index in [9.17, 15) is 10.1 Å². The second-order valence-corrected chi connectivity index (χ2v) is 4.03. The first-order valence-electron chi connectivity index (χ1n) is 5.03. The minimum Gasteiger partial charge on any atom is -0.264 e. The SMILES string of the molecule is C=C1C[C@@H]([N+](=O)[O-])[C@H](c2ccccc2)C1. The zero-order valence-corrected chi connectivity index (χ0v) is 8.43. The smallest absolute Gasteiger partial charge is 0.223 e. The molecule has 1 aromatic rings. The summed E-state index contributed by atoms with van der Waals surface area (Å²) in [4.78, 5) is 10.7. The van der Waals surface area contributed by atoms with Crippen LogP contribution in [0.3, 0.4) is 0 Å². The first kappa shape index (κ1) is 9.90. The summed E-state index contributed by atoms with van der Waals surface area (Å²) in [6.07, 6.45) is 1.27. The van der Waals surface area contributed by atoms with Crippen LogP contribution in [0.1, 0.15) is 24.3 Å². The van der Waals surface area contributed by atoms with E-state index in [0.717, 1.165) is 17.6 Å². The van der Waals surface area contributed by atoms with Crippen LogP contribution in [0.2, 0.25) is 0 Å². The van der Waals surface area contributed by atoms with Crippen molar-refractivity contribution in [3.8, 4) is 0 Å². The largest absolute Gasteiger partial charge is 0.264 e. The zero-order chi connectivity index (χ0) is 10.8. The molecule has 1 fully saturated rings. The molecule has 1 aliphatic rings. The first-order valence-corrected chi connectivity index (χ1v) is 5.03. The van der Waals surface area contributed by atoms with Gasteiger partial charge in [-0.15, -0.1) is 0 Å². The molecule has 2 atom stereocenters. The number of nitrogens with zero attached hydrogens (tertiary/aromatic N) is 1.